The molecule has 0 bridgehead atoms. The average molecular weight is 611 g/mol. The molecule has 0 atom stereocenters. The molecule has 0 N–H and O–H groups in total. The Morgan fingerprint density at radius 1 is 0.292 bits per heavy atom. The van der Waals surface area contributed by atoms with Crippen LogP contribution in [0.2, 0.25) is 0 Å². The summed E-state index contributed by atoms with van der Waals surface area (Å²) >= 11 is 0. The summed E-state index contributed by atoms with van der Waals surface area (Å²) in [5.74, 6) is 0. The number of hydrogen-bond donors (Lipinski definition) is 0. The van der Waals surface area contributed by atoms with Crippen molar-refractivity contribution in [2.45, 2.75) is 0 Å². The van der Waals surface area contributed by atoms with Gasteiger partial charge < -0.3 is 9.47 Å². The summed E-state index contributed by atoms with van der Waals surface area (Å²) in [7, 11) is 0. The Labute approximate surface area is 278 Å². The van der Waals surface area contributed by atoms with Crippen molar-refractivity contribution < 1.29 is 0 Å². The Bertz CT molecular complexity index is 2840. The van der Waals surface area contributed by atoms with Gasteiger partial charge in [0, 0.05) is 33.2 Å². The Morgan fingerprint density at radius 3 is 1.65 bits per heavy atom. The van der Waals surface area contributed by atoms with Crippen LogP contribution in [0, 0.1) is 0 Å². The predicted octanol–water partition coefficient (Wildman–Crippen LogP) is 12.9. The Morgan fingerprint density at radius 2 is 0.833 bits per heavy atom. The van der Waals surface area contributed by atoms with Crippen LogP contribution in [-0.2, 0) is 0 Å². The highest BCUT2D eigenvalue weighted by molar-refractivity contribution is 6.18. The lowest BCUT2D eigenvalue weighted by Crippen LogP contribution is -2.09. The molecule has 0 saturated carbocycles. The van der Waals surface area contributed by atoms with Gasteiger partial charge in [-0.15, -0.1) is 0 Å². The van der Waals surface area contributed by atoms with Gasteiger partial charge in [0.25, 0.3) is 0 Å². The van der Waals surface area contributed by atoms with Crippen LogP contribution in [0.3, 0.4) is 0 Å². The summed E-state index contributed by atoms with van der Waals surface area (Å²) in [6.45, 7) is 0. The van der Waals surface area contributed by atoms with E-state index in [1.165, 1.54) is 70.6 Å². The topological polar surface area (TPSA) is 8.17 Å². The zero-order valence-electron chi connectivity index (χ0n) is 26.2. The molecule has 48 heavy (non-hydrogen) atoms. The van der Waals surface area contributed by atoms with Gasteiger partial charge in [0.2, 0.25) is 0 Å². The fourth-order valence-electron chi connectivity index (χ4n) is 7.73. The molecule has 0 saturated heterocycles. The lowest BCUT2D eigenvalue weighted by atomic mass is 9.96. The number of nitrogens with zero attached hydrogens (tertiary/aromatic N) is 2. The second kappa shape index (κ2) is 10.6. The number of aromatic nitrogens is 1. The van der Waals surface area contributed by atoms with Crippen LogP contribution in [0.5, 0.6) is 0 Å². The van der Waals surface area contributed by atoms with Crippen LogP contribution in [-0.4, -0.2) is 4.57 Å². The van der Waals surface area contributed by atoms with Crippen molar-refractivity contribution in [1.82, 2.24) is 4.57 Å². The molecule has 2 heteroatoms. The lowest BCUT2D eigenvalue weighted by Gasteiger charge is -2.26. The molecule has 1 aromatic heterocycles. The maximum Gasteiger partial charge on any atom is 0.0542 e. The molecule has 0 amide bonds. The molecule has 0 spiro atoms. The van der Waals surface area contributed by atoms with Crippen LogP contribution in [0.4, 0.5) is 17.1 Å². The molecule has 1 heterocycles. The minimum absolute atomic E-state index is 1.12. The first kappa shape index (κ1) is 26.8. The van der Waals surface area contributed by atoms with E-state index in [4.69, 9.17) is 0 Å². The van der Waals surface area contributed by atoms with Gasteiger partial charge in [-0.3, -0.25) is 0 Å². The third kappa shape index (κ3) is 4.06. The van der Waals surface area contributed by atoms with Gasteiger partial charge in [-0.05, 0) is 92.3 Å². The standard InChI is InChI=1S/C46H30N2/c1-2-14-34(15-3-1)47(35-24-21-33-23-26-39-37-16-6-4-12-32(37)22-27-40(39)42(33)29-35)36-25-28-46-43(30-36)41-18-8-9-19-45(41)48(46)44-20-10-13-31-11-5-7-17-38(31)44/h1-30H. The molecule has 0 unspecified atom stereocenters. The van der Waals surface area contributed by atoms with Crippen molar-refractivity contribution in [2.75, 3.05) is 4.90 Å². The van der Waals surface area contributed by atoms with Crippen molar-refractivity contribution in [1.29, 1.82) is 0 Å². The normalized spacial score (nSPS) is 11.8. The fraction of sp³-hybridized carbons (Fsp3) is 0. The van der Waals surface area contributed by atoms with Gasteiger partial charge in [0.15, 0.2) is 0 Å². The molecule has 9 aromatic carbocycles. The number of anilines is 3. The van der Waals surface area contributed by atoms with Gasteiger partial charge >= 0.3 is 0 Å². The minimum atomic E-state index is 1.12. The Hall–Kier alpha value is -6.38. The first-order chi connectivity index (χ1) is 23.8. The van der Waals surface area contributed by atoms with Crippen LogP contribution >= 0.6 is 0 Å². The highest BCUT2D eigenvalue weighted by atomic mass is 15.1. The van der Waals surface area contributed by atoms with E-state index in [-0.39, 0.29) is 0 Å². The van der Waals surface area contributed by atoms with Gasteiger partial charge in [-0.1, -0.05) is 127 Å². The van der Waals surface area contributed by atoms with Gasteiger partial charge in [0.1, 0.15) is 0 Å². The first-order valence-corrected chi connectivity index (χ1v) is 16.5. The molecule has 224 valence electrons. The fourth-order valence-corrected chi connectivity index (χ4v) is 7.73. The third-order valence-corrected chi connectivity index (χ3v) is 9.92. The van der Waals surface area contributed by atoms with Gasteiger partial charge in [-0.2, -0.15) is 0 Å². The number of hydrogen-bond acceptors (Lipinski definition) is 1. The quantitative estimate of drug-likeness (QED) is 0.180. The van der Waals surface area contributed by atoms with Crippen LogP contribution in [0.25, 0.3) is 70.6 Å². The third-order valence-electron chi connectivity index (χ3n) is 9.92. The molecule has 0 fully saturated rings. The van der Waals surface area contributed by atoms with E-state index >= 15 is 0 Å². The summed E-state index contributed by atoms with van der Waals surface area (Å²) in [6.07, 6.45) is 0. The number of para-hydroxylation sites is 2. The Balaban J connectivity index is 1.22. The monoisotopic (exact) mass is 610 g/mol. The predicted molar refractivity (Wildman–Crippen MR) is 205 cm³/mol. The summed E-state index contributed by atoms with van der Waals surface area (Å²) < 4.78 is 2.43. The van der Waals surface area contributed by atoms with E-state index in [1.54, 1.807) is 0 Å². The van der Waals surface area contributed by atoms with Crippen molar-refractivity contribution in [3.05, 3.63) is 182 Å². The lowest BCUT2D eigenvalue weighted by molar-refractivity contribution is 1.20. The number of fused-ring (bicyclic) bond motifs is 9. The highest BCUT2D eigenvalue weighted by Crippen LogP contribution is 2.42. The van der Waals surface area contributed by atoms with E-state index in [2.05, 4.69) is 191 Å². The summed E-state index contributed by atoms with van der Waals surface area (Å²) in [4.78, 5) is 2.39. The second-order valence-electron chi connectivity index (χ2n) is 12.6. The molecule has 0 aliphatic carbocycles. The molecule has 10 rings (SSSR count). The smallest absolute Gasteiger partial charge is 0.0542 e. The van der Waals surface area contributed by atoms with Crippen LogP contribution in [0.15, 0.2) is 182 Å². The van der Waals surface area contributed by atoms with Crippen LogP contribution in [0.1, 0.15) is 0 Å². The highest BCUT2D eigenvalue weighted by Gasteiger charge is 2.19. The van der Waals surface area contributed by atoms with Gasteiger partial charge in [-0.25, -0.2) is 0 Å². The molecule has 0 radical (unpaired) electrons. The maximum absolute atomic E-state index is 2.43. The second-order valence-corrected chi connectivity index (χ2v) is 12.6. The summed E-state index contributed by atoms with van der Waals surface area (Å²) in [6, 6.07) is 66.3. The van der Waals surface area contributed by atoms with Crippen LogP contribution < -0.4 is 4.90 Å². The van der Waals surface area contributed by atoms with Crippen molar-refractivity contribution >= 4 is 82.0 Å². The molecule has 10 aromatic rings. The van der Waals surface area contributed by atoms with Crippen molar-refractivity contribution in [2.24, 2.45) is 0 Å². The van der Waals surface area contributed by atoms with E-state index in [0.717, 1.165) is 17.1 Å². The summed E-state index contributed by atoms with van der Waals surface area (Å²) in [5, 5.41) is 12.6. The molecule has 0 aliphatic rings. The van der Waals surface area contributed by atoms with E-state index in [1.807, 2.05) is 0 Å². The number of rotatable bonds is 4. The zero-order chi connectivity index (χ0) is 31.6. The first-order valence-electron chi connectivity index (χ1n) is 16.5. The maximum atomic E-state index is 2.43. The average Bonchev–Trinajstić information content (AvgIpc) is 3.48. The van der Waals surface area contributed by atoms with Crippen molar-refractivity contribution in [3.63, 3.8) is 0 Å². The number of benzene rings is 9. The van der Waals surface area contributed by atoms with Crippen molar-refractivity contribution in [3.8, 4) is 5.69 Å². The molecule has 2 nitrogen and oxygen atoms in total. The Kier molecular flexibility index (Phi) is 5.91. The zero-order valence-corrected chi connectivity index (χ0v) is 26.2. The van der Waals surface area contributed by atoms with E-state index < -0.39 is 0 Å². The van der Waals surface area contributed by atoms with E-state index in [0.29, 0.717) is 0 Å². The largest absolute Gasteiger partial charge is 0.310 e. The van der Waals surface area contributed by atoms with E-state index in [9.17, 15) is 0 Å². The minimum Gasteiger partial charge on any atom is -0.310 e. The molecular formula is C46H30N2. The molecule has 0 aliphatic heterocycles. The summed E-state index contributed by atoms with van der Waals surface area (Å²) in [5.41, 5.74) is 6.98. The molecular weight excluding hydrogens is 581 g/mol. The SMILES string of the molecule is c1ccc(N(c2ccc3ccc4c5ccccc5ccc4c3c2)c2ccc3c(c2)c2ccccc2n3-c2cccc3ccccc23)cc1. The van der Waals surface area contributed by atoms with Gasteiger partial charge in [0.05, 0.1) is 16.7 Å².